The van der Waals surface area contributed by atoms with Crippen molar-refractivity contribution in [3.63, 3.8) is 0 Å². The molecule has 130 valence electrons. The van der Waals surface area contributed by atoms with Gasteiger partial charge in [-0.15, -0.1) is 0 Å². The molecule has 0 spiro atoms. The van der Waals surface area contributed by atoms with Gasteiger partial charge >= 0.3 is 0 Å². The van der Waals surface area contributed by atoms with Crippen molar-refractivity contribution in [2.24, 2.45) is 0 Å². The van der Waals surface area contributed by atoms with Crippen LogP contribution in [0, 0.1) is 13.8 Å². The number of nitrogens with zero attached hydrogens (tertiary/aromatic N) is 2. The normalized spacial score (nSPS) is 12.1. The van der Waals surface area contributed by atoms with Gasteiger partial charge in [-0.1, -0.05) is 30.3 Å². The predicted molar refractivity (Wildman–Crippen MR) is 96.3 cm³/mol. The van der Waals surface area contributed by atoms with Gasteiger partial charge in [0.1, 0.15) is 12.3 Å². The average Bonchev–Trinajstić information content (AvgIpc) is 3.23. The van der Waals surface area contributed by atoms with Crippen LogP contribution in [0.3, 0.4) is 0 Å². The van der Waals surface area contributed by atoms with E-state index >= 15 is 0 Å². The van der Waals surface area contributed by atoms with E-state index in [9.17, 15) is 4.79 Å². The maximum Gasteiger partial charge on any atom is 0.241 e. The van der Waals surface area contributed by atoms with Crippen molar-refractivity contribution in [1.29, 1.82) is 0 Å². The van der Waals surface area contributed by atoms with Crippen LogP contribution in [-0.2, 0) is 11.3 Å². The summed E-state index contributed by atoms with van der Waals surface area (Å²) in [5, 5.41) is 7.31. The van der Waals surface area contributed by atoms with Crippen LogP contribution < -0.4 is 5.32 Å². The Balaban J connectivity index is 1.58. The molecule has 1 amide bonds. The number of nitrogens with one attached hydrogen (secondary N) is 1. The van der Waals surface area contributed by atoms with Crippen molar-refractivity contribution >= 4 is 5.91 Å². The summed E-state index contributed by atoms with van der Waals surface area (Å²) >= 11 is 0. The van der Waals surface area contributed by atoms with Gasteiger partial charge in [-0.25, -0.2) is 0 Å². The van der Waals surface area contributed by atoms with Gasteiger partial charge in [-0.2, -0.15) is 5.10 Å². The molecule has 0 saturated carbocycles. The minimum atomic E-state index is -0.0301. The highest BCUT2D eigenvalue weighted by molar-refractivity contribution is 5.75. The number of rotatable bonds is 7. The Bertz CT molecular complexity index is 807. The fraction of sp³-hybridized carbons (Fsp3) is 0.300. The maximum atomic E-state index is 12.2. The molecule has 0 aliphatic carbocycles. The number of carbonyl (C=O) groups excluding carboxylic acids is 1. The molecule has 3 rings (SSSR count). The van der Waals surface area contributed by atoms with Crippen LogP contribution in [0.5, 0.6) is 0 Å². The predicted octanol–water partition coefficient (Wildman–Crippen LogP) is 3.43. The lowest BCUT2D eigenvalue weighted by molar-refractivity contribution is -0.121. The molecule has 5 nitrogen and oxygen atoms in total. The lowest BCUT2D eigenvalue weighted by atomic mass is 9.93. The number of benzene rings is 1. The third kappa shape index (κ3) is 4.38. The quantitative estimate of drug-likeness (QED) is 0.718. The number of furan rings is 1. The van der Waals surface area contributed by atoms with Crippen molar-refractivity contribution in [3.05, 3.63) is 77.5 Å². The van der Waals surface area contributed by atoms with Gasteiger partial charge in [-0.3, -0.25) is 9.48 Å². The van der Waals surface area contributed by atoms with Crippen LogP contribution in [-0.4, -0.2) is 22.2 Å². The zero-order valence-corrected chi connectivity index (χ0v) is 14.6. The van der Waals surface area contributed by atoms with Crippen LogP contribution in [0.15, 0.2) is 59.2 Å². The second-order valence-electron chi connectivity index (χ2n) is 6.20. The number of hydrogen-bond donors (Lipinski definition) is 1. The van der Waals surface area contributed by atoms with Crippen LogP contribution in [0.25, 0.3) is 0 Å². The first kappa shape index (κ1) is 17.0. The van der Waals surface area contributed by atoms with Crippen molar-refractivity contribution in [3.8, 4) is 0 Å². The second kappa shape index (κ2) is 7.83. The van der Waals surface area contributed by atoms with Gasteiger partial charge in [-0.05, 0) is 44.0 Å². The molecule has 1 N–H and O–H groups in total. The highest BCUT2D eigenvalue weighted by Crippen LogP contribution is 2.27. The Labute approximate surface area is 147 Å². The molecule has 0 aliphatic heterocycles. The highest BCUT2D eigenvalue weighted by atomic mass is 16.3. The highest BCUT2D eigenvalue weighted by Gasteiger charge is 2.17. The van der Waals surface area contributed by atoms with Crippen LogP contribution >= 0.6 is 0 Å². The van der Waals surface area contributed by atoms with E-state index in [0.29, 0.717) is 6.54 Å². The lowest BCUT2D eigenvalue weighted by Crippen LogP contribution is -2.30. The number of amides is 1. The van der Waals surface area contributed by atoms with E-state index in [0.717, 1.165) is 23.6 Å². The van der Waals surface area contributed by atoms with Gasteiger partial charge in [0, 0.05) is 18.2 Å². The topological polar surface area (TPSA) is 60.1 Å². The summed E-state index contributed by atoms with van der Waals surface area (Å²) in [6.07, 6.45) is 2.47. The first-order valence-electron chi connectivity index (χ1n) is 8.49. The summed E-state index contributed by atoms with van der Waals surface area (Å²) in [5.74, 6) is 1.02. The van der Waals surface area contributed by atoms with Crippen LogP contribution in [0.4, 0.5) is 0 Å². The zero-order chi connectivity index (χ0) is 17.6. The fourth-order valence-electron chi connectivity index (χ4n) is 3.03. The van der Waals surface area contributed by atoms with Crippen molar-refractivity contribution in [1.82, 2.24) is 15.1 Å². The van der Waals surface area contributed by atoms with Gasteiger partial charge < -0.3 is 9.73 Å². The number of hydrogen-bond acceptors (Lipinski definition) is 3. The molecule has 2 heterocycles. The Morgan fingerprint density at radius 1 is 1.20 bits per heavy atom. The molecule has 0 saturated heterocycles. The Kier molecular flexibility index (Phi) is 5.33. The second-order valence-corrected chi connectivity index (χ2v) is 6.20. The van der Waals surface area contributed by atoms with E-state index < -0.39 is 0 Å². The van der Waals surface area contributed by atoms with E-state index in [-0.39, 0.29) is 18.4 Å². The molecule has 0 aliphatic rings. The minimum absolute atomic E-state index is 0.0301. The SMILES string of the molecule is Cc1cc(C)n(CC(=O)NCC[C@@H](c2ccccc2)c2ccco2)n1. The lowest BCUT2D eigenvalue weighted by Gasteiger charge is -2.15. The van der Waals surface area contributed by atoms with Gasteiger partial charge in [0.15, 0.2) is 0 Å². The summed E-state index contributed by atoms with van der Waals surface area (Å²) < 4.78 is 7.32. The molecule has 5 heteroatoms. The summed E-state index contributed by atoms with van der Waals surface area (Å²) in [7, 11) is 0. The molecule has 2 aromatic heterocycles. The summed E-state index contributed by atoms with van der Waals surface area (Å²) in [4.78, 5) is 12.2. The third-order valence-corrected chi connectivity index (χ3v) is 4.24. The molecule has 0 fully saturated rings. The van der Waals surface area contributed by atoms with Crippen LogP contribution in [0.2, 0.25) is 0 Å². The van der Waals surface area contributed by atoms with Gasteiger partial charge in [0.2, 0.25) is 5.91 Å². The van der Waals surface area contributed by atoms with Crippen molar-refractivity contribution < 1.29 is 9.21 Å². The molecule has 0 unspecified atom stereocenters. The van der Waals surface area contributed by atoms with Gasteiger partial charge in [0.05, 0.1) is 12.0 Å². The van der Waals surface area contributed by atoms with E-state index in [2.05, 4.69) is 22.5 Å². The molecule has 3 aromatic rings. The average molecular weight is 337 g/mol. The first-order chi connectivity index (χ1) is 12.1. The van der Waals surface area contributed by atoms with Crippen LogP contribution in [0.1, 0.15) is 35.1 Å². The smallest absolute Gasteiger partial charge is 0.241 e. The molecule has 1 atom stereocenters. The molecule has 0 bridgehead atoms. The standard InChI is InChI=1S/C20H23N3O2/c1-15-13-16(2)23(22-15)14-20(24)21-11-10-18(19-9-6-12-25-19)17-7-4-3-5-8-17/h3-9,12-13,18H,10-11,14H2,1-2H3,(H,21,24)/t18-/m0/s1. The number of aryl methyl sites for hydroxylation is 2. The Morgan fingerprint density at radius 3 is 2.64 bits per heavy atom. The third-order valence-electron chi connectivity index (χ3n) is 4.24. The molecular weight excluding hydrogens is 314 g/mol. The van der Waals surface area contributed by atoms with E-state index in [1.54, 1.807) is 10.9 Å². The van der Waals surface area contributed by atoms with Gasteiger partial charge in [0.25, 0.3) is 0 Å². The fourth-order valence-corrected chi connectivity index (χ4v) is 3.03. The van der Waals surface area contributed by atoms with E-state index in [1.165, 1.54) is 5.56 Å². The largest absolute Gasteiger partial charge is 0.469 e. The Morgan fingerprint density at radius 2 is 2.00 bits per heavy atom. The molecule has 1 aromatic carbocycles. The molecule has 0 radical (unpaired) electrons. The monoisotopic (exact) mass is 337 g/mol. The summed E-state index contributed by atoms with van der Waals surface area (Å²) in [6, 6.07) is 16.1. The minimum Gasteiger partial charge on any atom is -0.469 e. The molecular formula is C20H23N3O2. The maximum absolute atomic E-state index is 12.2. The zero-order valence-electron chi connectivity index (χ0n) is 14.6. The number of aromatic nitrogens is 2. The summed E-state index contributed by atoms with van der Waals surface area (Å²) in [5.41, 5.74) is 3.10. The first-order valence-corrected chi connectivity index (χ1v) is 8.49. The van der Waals surface area contributed by atoms with E-state index in [1.807, 2.05) is 50.2 Å². The van der Waals surface area contributed by atoms with E-state index in [4.69, 9.17) is 4.42 Å². The Hall–Kier alpha value is -2.82. The van der Waals surface area contributed by atoms with Crippen molar-refractivity contribution in [2.45, 2.75) is 32.7 Å². The summed E-state index contributed by atoms with van der Waals surface area (Å²) in [6.45, 7) is 4.71. The van der Waals surface area contributed by atoms with Crippen molar-refractivity contribution in [2.75, 3.05) is 6.54 Å². The molecule has 25 heavy (non-hydrogen) atoms. The number of carbonyl (C=O) groups is 1.